The van der Waals surface area contributed by atoms with Crippen LogP contribution < -0.4 is 0 Å². The molecule has 16 heteroatoms. The van der Waals surface area contributed by atoms with Crippen LogP contribution in [0.4, 0.5) is 4.79 Å². The molecule has 0 saturated carbocycles. The number of amides is 1. The van der Waals surface area contributed by atoms with Gasteiger partial charge in [0.1, 0.15) is 19.3 Å². The van der Waals surface area contributed by atoms with Crippen molar-refractivity contribution in [3.05, 3.63) is 0 Å². The van der Waals surface area contributed by atoms with Crippen LogP contribution in [0.2, 0.25) is 0 Å². The normalized spacial score (nSPS) is 16.0. The first-order valence-electron chi connectivity index (χ1n) is 30.0. The van der Waals surface area contributed by atoms with Gasteiger partial charge in [0.15, 0.2) is 0 Å². The zero-order valence-electron chi connectivity index (χ0n) is 47.7. The molecule has 0 unspecified atom stereocenters. The third-order valence-electron chi connectivity index (χ3n) is 14.4. The van der Waals surface area contributed by atoms with Crippen LogP contribution in [-0.4, -0.2) is 130 Å². The molecule has 16 nitrogen and oxygen atoms in total. The third-order valence-corrected chi connectivity index (χ3v) is 14.4. The van der Waals surface area contributed by atoms with Crippen LogP contribution >= 0.6 is 0 Å². The highest BCUT2D eigenvalue weighted by Crippen LogP contribution is 2.28. The quantitative estimate of drug-likeness (QED) is 0.0318. The topological polar surface area (TPSA) is 191 Å². The summed E-state index contributed by atoms with van der Waals surface area (Å²) < 4.78 is 40.1. The molecule has 2 aliphatic rings. The standard InChI is InChI=1S/C59H104N2O14/c1-6-10-14-18-22-26-30-53(62)69-42-48(43-70-54(63)31-27-23-19-15-11-7-2)40-57(66)73-46-50-34-35-51(61(50)59(68)75-52-36-38-60(5)39-37-52)47-74-58(67)41-49(44-71-55(64)32-28-24-20-16-12-8-3)45-72-56(65)33-29-25-21-17-13-9-4/h48-52H,6-47H2,1-5H3/t50-,51+. The highest BCUT2D eigenvalue weighted by Gasteiger charge is 2.41. The van der Waals surface area contributed by atoms with E-state index in [0.717, 1.165) is 116 Å². The molecule has 0 radical (unpaired) electrons. The Hall–Kier alpha value is -3.95. The number of ether oxygens (including phenoxy) is 7. The van der Waals surface area contributed by atoms with Gasteiger partial charge in [0, 0.05) is 50.6 Å². The molecule has 0 aromatic heterocycles. The van der Waals surface area contributed by atoms with Crippen LogP contribution in [0.25, 0.3) is 0 Å². The molecule has 0 bridgehead atoms. The fourth-order valence-electron chi connectivity index (χ4n) is 9.52. The van der Waals surface area contributed by atoms with Crippen molar-refractivity contribution < 1.29 is 66.7 Å². The van der Waals surface area contributed by atoms with E-state index >= 15 is 0 Å². The van der Waals surface area contributed by atoms with E-state index in [1.165, 1.54) is 30.6 Å². The van der Waals surface area contributed by atoms with Crippen molar-refractivity contribution in [3.8, 4) is 0 Å². The number of hydrogen-bond acceptors (Lipinski definition) is 15. The van der Waals surface area contributed by atoms with Crippen LogP contribution in [-0.2, 0) is 61.9 Å². The zero-order valence-corrected chi connectivity index (χ0v) is 47.7. The number of unbranched alkanes of at least 4 members (excludes halogenated alkanes) is 20. The van der Waals surface area contributed by atoms with Gasteiger partial charge in [-0.15, -0.1) is 0 Å². The highest BCUT2D eigenvalue weighted by atomic mass is 16.6. The molecule has 0 aliphatic carbocycles. The number of likely N-dealkylation sites (tertiary alicyclic amines) is 2. The fraction of sp³-hybridized carbons (Fsp3) is 0.881. The molecule has 0 aromatic rings. The Morgan fingerprint density at radius 2 is 0.680 bits per heavy atom. The van der Waals surface area contributed by atoms with Gasteiger partial charge in [0.2, 0.25) is 0 Å². The van der Waals surface area contributed by atoms with E-state index in [1.807, 2.05) is 7.05 Å². The van der Waals surface area contributed by atoms with E-state index in [1.54, 1.807) is 0 Å². The number of carbonyl (C=O) groups excluding carboxylic acids is 7. The van der Waals surface area contributed by atoms with Crippen LogP contribution in [0, 0.1) is 11.8 Å². The Balaban J connectivity index is 2.10. The average molecular weight is 1070 g/mol. The largest absolute Gasteiger partial charge is 0.465 e. The van der Waals surface area contributed by atoms with Gasteiger partial charge in [-0.25, -0.2) is 4.79 Å². The molecule has 2 saturated heterocycles. The lowest BCUT2D eigenvalue weighted by molar-refractivity contribution is -0.156. The second-order valence-electron chi connectivity index (χ2n) is 21.5. The van der Waals surface area contributed by atoms with E-state index in [-0.39, 0.29) is 108 Å². The fourth-order valence-corrected chi connectivity index (χ4v) is 9.52. The number of esters is 6. The van der Waals surface area contributed by atoms with Gasteiger partial charge in [0.25, 0.3) is 0 Å². The average Bonchev–Trinajstić information content (AvgIpc) is 3.81. The summed E-state index contributed by atoms with van der Waals surface area (Å²) in [5.74, 6) is -3.89. The van der Waals surface area contributed by atoms with Crippen molar-refractivity contribution in [1.82, 2.24) is 9.80 Å². The van der Waals surface area contributed by atoms with Gasteiger partial charge in [-0.2, -0.15) is 0 Å². The van der Waals surface area contributed by atoms with E-state index < -0.39 is 42.0 Å². The summed E-state index contributed by atoms with van der Waals surface area (Å²) in [6.07, 6.45) is 26.7. The predicted octanol–water partition coefficient (Wildman–Crippen LogP) is 12.3. The molecule has 0 spiro atoms. The van der Waals surface area contributed by atoms with Crippen molar-refractivity contribution in [1.29, 1.82) is 0 Å². The van der Waals surface area contributed by atoms with Crippen molar-refractivity contribution in [2.24, 2.45) is 11.8 Å². The summed E-state index contributed by atoms with van der Waals surface area (Å²) in [6, 6.07) is -1.16. The molecule has 2 heterocycles. The molecule has 1 amide bonds. The minimum Gasteiger partial charge on any atom is -0.465 e. The molecule has 0 aromatic carbocycles. The van der Waals surface area contributed by atoms with Crippen LogP contribution in [0.1, 0.15) is 246 Å². The SMILES string of the molecule is CCCCCCCCC(=O)OCC(COC(=O)CCCCCCCC)CC(=O)OC[C@H]1CC[C@@H](COC(=O)CC(COC(=O)CCCCCCCC)COC(=O)CCCCCCCC)N1C(=O)OC1CCN(C)CC1. The van der Waals surface area contributed by atoms with Crippen LogP contribution in [0.15, 0.2) is 0 Å². The minimum atomic E-state index is -0.628. The lowest BCUT2D eigenvalue weighted by atomic mass is 10.1. The van der Waals surface area contributed by atoms with Crippen LogP contribution in [0.3, 0.4) is 0 Å². The van der Waals surface area contributed by atoms with Crippen molar-refractivity contribution in [2.75, 3.05) is 59.8 Å². The van der Waals surface area contributed by atoms with E-state index in [4.69, 9.17) is 33.2 Å². The lowest BCUT2D eigenvalue weighted by Crippen LogP contribution is -2.48. The maximum atomic E-state index is 14.0. The van der Waals surface area contributed by atoms with Gasteiger partial charge in [-0.1, -0.05) is 156 Å². The molecule has 2 fully saturated rings. The van der Waals surface area contributed by atoms with Gasteiger partial charge in [-0.05, 0) is 58.4 Å². The Kier molecular flexibility index (Phi) is 39.5. The lowest BCUT2D eigenvalue weighted by Gasteiger charge is -2.33. The number of rotatable bonds is 45. The second-order valence-corrected chi connectivity index (χ2v) is 21.5. The predicted molar refractivity (Wildman–Crippen MR) is 290 cm³/mol. The minimum absolute atomic E-state index is 0.107. The Labute approximate surface area is 452 Å². The summed E-state index contributed by atoms with van der Waals surface area (Å²) in [7, 11) is 2.02. The molecule has 434 valence electrons. The van der Waals surface area contributed by atoms with E-state index in [9.17, 15) is 33.6 Å². The molecule has 2 atom stereocenters. The van der Waals surface area contributed by atoms with Crippen molar-refractivity contribution >= 4 is 41.9 Å². The van der Waals surface area contributed by atoms with Gasteiger partial charge in [0.05, 0.1) is 51.4 Å². The number of carbonyl (C=O) groups is 7. The van der Waals surface area contributed by atoms with Crippen LogP contribution in [0.5, 0.6) is 0 Å². The van der Waals surface area contributed by atoms with Crippen molar-refractivity contribution in [2.45, 2.75) is 264 Å². The highest BCUT2D eigenvalue weighted by molar-refractivity contribution is 5.73. The smallest absolute Gasteiger partial charge is 0.410 e. The molecule has 75 heavy (non-hydrogen) atoms. The summed E-state index contributed by atoms with van der Waals surface area (Å²) in [6.45, 7) is 9.45. The molecule has 2 aliphatic heterocycles. The molecule has 0 N–H and O–H groups in total. The maximum Gasteiger partial charge on any atom is 0.410 e. The summed E-state index contributed by atoms with van der Waals surface area (Å²) in [5.41, 5.74) is 0. The number of piperidine rings is 1. The Morgan fingerprint density at radius 3 is 0.987 bits per heavy atom. The van der Waals surface area contributed by atoms with Gasteiger partial charge >= 0.3 is 41.9 Å². The zero-order chi connectivity index (χ0) is 54.7. The monoisotopic (exact) mass is 1060 g/mol. The number of hydrogen-bond donors (Lipinski definition) is 0. The molecule has 2 rings (SSSR count). The maximum absolute atomic E-state index is 14.0. The van der Waals surface area contributed by atoms with Gasteiger partial charge < -0.3 is 38.1 Å². The Bertz CT molecular complexity index is 1400. The molecular formula is C59H104N2O14. The summed E-state index contributed by atoms with van der Waals surface area (Å²) >= 11 is 0. The van der Waals surface area contributed by atoms with Gasteiger partial charge in [-0.3, -0.25) is 33.7 Å². The first kappa shape index (κ1) is 67.2. The molecular weight excluding hydrogens is 961 g/mol. The summed E-state index contributed by atoms with van der Waals surface area (Å²) in [4.78, 5) is 95.7. The van der Waals surface area contributed by atoms with Crippen molar-refractivity contribution in [3.63, 3.8) is 0 Å². The van der Waals surface area contributed by atoms with E-state index in [2.05, 4.69) is 32.6 Å². The first-order chi connectivity index (χ1) is 36.4. The summed E-state index contributed by atoms with van der Waals surface area (Å²) in [5, 5.41) is 0. The van der Waals surface area contributed by atoms with E-state index in [0.29, 0.717) is 51.4 Å². The first-order valence-corrected chi connectivity index (χ1v) is 30.0. The third kappa shape index (κ3) is 34.4. The number of nitrogens with zero attached hydrogens (tertiary/aromatic N) is 2. The Morgan fingerprint density at radius 1 is 0.387 bits per heavy atom. The second kappa shape index (κ2) is 44.1.